The number of hydrogen-bond donors (Lipinski definition) is 4. The molecule has 10 heteroatoms. The van der Waals surface area contributed by atoms with E-state index in [4.69, 9.17) is 14.0 Å². The molecule has 5 unspecified atom stereocenters. The average molecular weight is 307 g/mol. The van der Waals surface area contributed by atoms with Crippen LogP contribution in [0.2, 0.25) is 0 Å². The van der Waals surface area contributed by atoms with Crippen LogP contribution in [-0.2, 0) is 19.6 Å². The van der Waals surface area contributed by atoms with Gasteiger partial charge in [0.05, 0.1) is 6.61 Å². The molecule has 4 N–H and O–H groups in total. The van der Waals surface area contributed by atoms with E-state index < -0.39 is 46.6 Å². The SMILES string of the molecule is C=CCOC1OC(CS(=O)(=O)O)C(O)C(O)C1O.[Na+]. The van der Waals surface area contributed by atoms with Crippen molar-refractivity contribution >= 4 is 10.1 Å². The van der Waals surface area contributed by atoms with E-state index in [1.165, 1.54) is 6.08 Å². The van der Waals surface area contributed by atoms with Crippen LogP contribution in [0.3, 0.4) is 0 Å². The molecule has 0 bridgehead atoms. The van der Waals surface area contributed by atoms with E-state index in [1.54, 1.807) is 0 Å². The maximum Gasteiger partial charge on any atom is 1.00 e. The maximum atomic E-state index is 10.7. The third kappa shape index (κ3) is 5.76. The fraction of sp³-hybridized carbons (Fsp3) is 0.778. The van der Waals surface area contributed by atoms with Crippen molar-refractivity contribution in [2.24, 2.45) is 0 Å². The Kier molecular flexibility index (Phi) is 8.22. The zero-order valence-corrected chi connectivity index (χ0v) is 13.2. The van der Waals surface area contributed by atoms with Crippen molar-refractivity contribution in [2.75, 3.05) is 12.4 Å². The summed E-state index contributed by atoms with van der Waals surface area (Å²) < 4.78 is 40.1. The van der Waals surface area contributed by atoms with E-state index in [0.717, 1.165) is 0 Å². The summed E-state index contributed by atoms with van der Waals surface area (Å²) in [5, 5.41) is 28.6. The minimum absolute atomic E-state index is 0. The van der Waals surface area contributed by atoms with Gasteiger partial charge in [0.2, 0.25) is 0 Å². The van der Waals surface area contributed by atoms with E-state index in [1.807, 2.05) is 0 Å². The molecule has 0 saturated carbocycles. The van der Waals surface area contributed by atoms with Gasteiger partial charge in [-0.25, -0.2) is 0 Å². The fourth-order valence-corrected chi connectivity index (χ4v) is 2.25. The monoisotopic (exact) mass is 307 g/mol. The Morgan fingerprint density at radius 2 is 1.79 bits per heavy atom. The number of ether oxygens (including phenoxy) is 2. The average Bonchev–Trinajstić information content (AvgIpc) is 2.27. The molecule has 1 aliphatic heterocycles. The van der Waals surface area contributed by atoms with Gasteiger partial charge < -0.3 is 24.8 Å². The summed E-state index contributed by atoms with van der Waals surface area (Å²) in [6.07, 6.45) is -6.16. The van der Waals surface area contributed by atoms with Gasteiger partial charge in [-0.1, -0.05) is 6.08 Å². The summed E-state index contributed by atoms with van der Waals surface area (Å²) in [7, 11) is -4.39. The summed E-state index contributed by atoms with van der Waals surface area (Å²) in [6.45, 7) is 3.38. The number of rotatable bonds is 5. The second-order valence-corrected chi connectivity index (χ2v) is 5.38. The van der Waals surface area contributed by atoms with Gasteiger partial charge >= 0.3 is 29.6 Å². The van der Waals surface area contributed by atoms with Gasteiger partial charge in [-0.15, -0.1) is 6.58 Å². The summed E-state index contributed by atoms with van der Waals surface area (Å²) >= 11 is 0. The predicted molar refractivity (Wildman–Crippen MR) is 59.2 cm³/mol. The Bertz CT molecular complexity index is 386. The predicted octanol–water partition coefficient (Wildman–Crippen LogP) is -5.11. The van der Waals surface area contributed by atoms with E-state index in [-0.39, 0.29) is 36.2 Å². The molecule has 1 saturated heterocycles. The van der Waals surface area contributed by atoms with Gasteiger partial charge in [-0.05, 0) is 0 Å². The third-order valence-electron chi connectivity index (χ3n) is 2.42. The second kappa shape index (κ2) is 8.03. The smallest absolute Gasteiger partial charge is 0.388 e. The Balaban J connectivity index is 0.00000324. The molecule has 1 rings (SSSR count). The topological polar surface area (TPSA) is 134 Å². The maximum absolute atomic E-state index is 10.7. The van der Waals surface area contributed by atoms with Crippen LogP contribution in [0.1, 0.15) is 0 Å². The van der Waals surface area contributed by atoms with E-state index >= 15 is 0 Å². The summed E-state index contributed by atoms with van der Waals surface area (Å²) in [5.41, 5.74) is 0. The zero-order chi connectivity index (χ0) is 13.9. The molecule has 19 heavy (non-hydrogen) atoms. The Labute approximate surface area is 133 Å². The van der Waals surface area contributed by atoms with Crippen molar-refractivity contribution in [1.82, 2.24) is 0 Å². The van der Waals surface area contributed by atoms with E-state index in [9.17, 15) is 23.7 Å². The van der Waals surface area contributed by atoms with Crippen LogP contribution in [-0.4, -0.2) is 71.4 Å². The van der Waals surface area contributed by atoms with Crippen molar-refractivity contribution in [1.29, 1.82) is 0 Å². The van der Waals surface area contributed by atoms with Crippen molar-refractivity contribution in [2.45, 2.75) is 30.7 Å². The third-order valence-corrected chi connectivity index (χ3v) is 3.17. The van der Waals surface area contributed by atoms with Gasteiger partial charge in [0.25, 0.3) is 10.1 Å². The minimum Gasteiger partial charge on any atom is -0.388 e. The normalized spacial score (nSPS) is 35.5. The molecule has 0 aromatic heterocycles. The molecule has 0 amide bonds. The second-order valence-electron chi connectivity index (χ2n) is 3.89. The Morgan fingerprint density at radius 3 is 2.26 bits per heavy atom. The van der Waals surface area contributed by atoms with Gasteiger partial charge in [-0.2, -0.15) is 8.42 Å². The zero-order valence-electron chi connectivity index (χ0n) is 10.4. The molecule has 0 spiro atoms. The van der Waals surface area contributed by atoms with Crippen molar-refractivity contribution in [3.8, 4) is 0 Å². The van der Waals surface area contributed by atoms with E-state index in [2.05, 4.69) is 6.58 Å². The first kappa shape index (κ1) is 19.4. The molecule has 1 aliphatic rings. The first-order chi connectivity index (χ1) is 8.26. The first-order valence-corrected chi connectivity index (χ1v) is 6.74. The molecule has 0 radical (unpaired) electrons. The number of hydrogen-bond acceptors (Lipinski definition) is 7. The van der Waals surface area contributed by atoms with Gasteiger partial charge in [0, 0.05) is 0 Å². The van der Waals surface area contributed by atoms with Crippen LogP contribution >= 0.6 is 0 Å². The molecule has 8 nitrogen and oxygen atoms in total. The standard InChI is InChI=1S/C9H16O8S.Na/c1-2-3-16-9-8(12)7(11)6(10)5(17-9)4-18(13,14)15;/h2,5-12H,1,3-4H2,(H,13,14,15);/q;+1. The van der Waals surface area contributed by atoms with Crippen LogP contribution in [0.4, 0.5) is 0 Å². The quantitative estimate of drug-likeness (QED) is 0.225. The molecule has 0 aromatic carbocycles. The van der Waals surface area contributed by atoms with Gasteiger partial charge in [0.1, 0.15) is 30.2 Å². The van der Waals surface area contributed by atoms with Crippen LogP contribution in [0.25, 0.3) is 0 Å². The van der Waals surface area contributed by atoms with Crippen LogP contribution in [0, 0.1) is 0 Å². The van der Waals surface area contributed by atoms with Crippen LogP contribution in [0.15, 0.2) is 12.7 Å². The molecule has 1 heterocycles. The Hall–Kier alpha value is 0.450. The van der Waals surface area contributed by atoms with Crippen molar-refractivity contribution in [3.63, 3.8) is 0 Å². The molecular formula is C9H16NaO8S+. The summed E-state index contributed by atoms with van der Waals surface area (Å²) in [4.78, 5) is 0. The molecule has 5 atom stereocenters. The van der Waals surface area contributed by atoms with E-state index in [0.29, 0.717) is 0 Å². The Morgan fingerprint density at radius 1 is 1.21 bits per heavy atom. The van der Waals surface area contributed by atoms with Crippen LogP contribution < -0.4 is 29.6 Å². The molecular weight excluding hydrogens is 291 g/mol. The molecule has 106 valence electrons. The minimum atomic E-state index is -4.39. The number of aliphatic hydroxyl groups excluding tert-OH is 3. The van der Waals surface area contributed by atoms with Gasteiger partial charge in [-0.3, -0.25) is 4.55 Å². The van der Waals surface area contributed by atoms with Crippen LogP contribution in [0.5, 0.6) is 0 Å². The fourth-order valence-electron chi connectivity index (χ4n) is 1.56. The summed E-state index contributed by atoms with van der Waals surface area (Å²) in [6, 6.07) is 0. The number of aliphatic hydroxyl groups is 3. The molecule has 0 aromatic rings. The largest absolute Gasteiger partial charge is 1.00 e. The molecule has 0 aliphatic carbocycles. The van der Waals surface area contributed by atoms with Crippen molar-refractivity contribution in [3.05, 3.63) is 12.7 Å². The molecule has 1 fully saturated rings. The van der Waals surface area contributed by atoms with Gasteiger partial charge in [0.15, 0.2) is 6.29 Å². The first-order valence-electron chi connectivity index (χ1n) is 5.13. The van der Waals surface area contributed by atoms with Crippen molar-refractivity contribution < 1.29 is 67.3 Å². The summed E-state index contributed by atoms with van der Waals surface area (Å²) in [5.74, 6) is -0.911.